The molecule has 0 radical (unpaired) electrons. The lowest BCUT2D eigenvalue weighted by atomic mass is 9.33. The topological polar surface area (TPSA) is 177 Å². The van der Waals surface area contributed by atoms with Crippen molar-refractivity contribution in [2.45, 2.75) is 142 Å². The Kier molecular flexibility index (Phi) is 8.46. The lowest BCUT2D eigenvalue weighted by molar-refractivity contribution is -0.297. The van der Waals surface area contributed by atoms with Gasteiger partial charge in [0.1, 0.15) is 24.4 Å². The fourth-order valence-corrected chi connectivity index (χ4v) is 12.1. The quantitative estimate of drug-likeness (QED) is 0.177. The standard InChI is InChI=1S/C36H58O10/c1-31(2)11-13-36(30(44)46-29-27(42)26(41)25(40)22(17-37)45-29)14-12-34(5)19(20(36)15-31)7-8-24-32(3)16-21(39)28(43)33(4,18-38)23(32)9-10-35(24,34)6/h7,20-29,37-43H,8-18H2,1-6H3/t20-,21+,22+,23?,24?,25+,26-,27+,28-,29-,32-,33+,34+,35+,36-/m0/s1. The van der Waals surface area contributed by atoms with Gasteiger partial charge in [-0.3, -0.25) is 4.79 Å². The Morgan fingerprint density at radius 2 is 1.54 bits per heavy atom. The van der Waals surface area contributed by atoms with Crippen molar-refractivity contribution in [3.63, 3.8) is 0 Å². The van der Waals surface area contributed by atoms with Gasteiger partial charge in [0.15, 0.2) is 0 Å². The van der Waals surface area contributed by atoms with Crippen LogP contribution in [-0.2, 0) is 14.3 Å². The van der Waals surface area contributed by atoms with Crippen LogP contribution in [0.2, 0.25) is 0 Å². The lowest BCUT2D eigenvalue weighted by Crippen LogP contribution is -2.68. The number of allylic oxidation sites excluding steroid dienone is 2. The molecule has 0 amide bonds. The van der Waals surface area contributed by atoms with Crippen molar-refractivity contribution in [3.8, 4) is 0 Å². The Bertz CT molecular complexity index is 1240. The van der Waals surface area contributed by atoms with Crippen LogP contribution in [0.15, 0.2) is 11.6 Å². The van der Waals surface area contributed by atoms with Gasteiger partial charge >= 0.3 is 5.97 Å². The molecule has 4 saturated carbocycles. The van der Waals surface area contributed by atoms with Crippen LogP contribution in [-0.4, -0.2) is 97.8 Å². The number of hydrogen-bond acceptors (Lipinski definition) is 10. The summed E-state index contributed by atoms with van der Waals surface area (Å²) in [5.41, 5.74) is -1.02. The van der Waals surface area contributed by atoms with Crippen molar-refractivity contribution in [1.29, 1.82) is 0 Å². The number of ether oxygens (including phenoxy) is 2. The van der Waals surface area contributed by atoms with Gasteiger partial charge in [0.05, 0.1) is 30.8 Å². The largest absolute Gasteiger partial charge is 0.432 e. The predicted molar refractivity (Wildman–Crippen MR) is 168 cm³/mol. The van der Waals surface area contributed by atoms with E-state index in [2.05, 4.69) is 40.7 Å². The first-order chi connectivity index (χ1) is 21.3. The van der Waals surface area contributed by atoms with Crippen molar-refractivity contribution < 1.29 is 50.0 Å². The first kappa shape index (κ1) is 34.7. The van der Waals surface area contributed by atoms with Crippen LogP contribution in [0.1, 0.15) is 99.3 Å². The highest BCUT2D eigenvalue weighted by Gasteiger charge is 2.71. The molecule has 0 aromatic rings. The maximum absolute atomic E-state index is 14.4. The monoisotopic (exact) mass is 650 g/mol. The van der Waals surface area contributed by atoms with Gasteiger partial charge in [0, 0.05) is 5.41 Å². The Morgan fingerprint density at radius 1 is 0.870 bits per heavy atom. The van der Waals surface area contributed by atoms with E-state index in [0.29, 0.717) is 19.3 Å². The highest BCUT2D eigenvalue weighted by atomic mass is 16.7. The number of hydrogen-bond donors (Lipinski definition) is 7. The second kappa shape index (κ2) is 11.2. The highest BCUT2D eigenvalue weighted by Crippen LogP contribution is 2.75. The molecular formula is C36H58O10. The van der Waals surface area contributed by atoms with Gasteiger partial charge in [-0.05, 0) is 97.2 Å². The second-order valence-electron chi connectivity index (χ2n) is 17.9. The molecule has 262 valence electrons. The van der Waals surface area contributed by atoms with Crippen LogP contribution in [0.3, 0.4) is 0 Å². The zero-order chi connectivity index (χ0) is 33.8. The third-order valence-corrected chi connectivity index (χ3v) is 15.2. The number of fused-ring (bicyclic) bond motifs is 7. The maximum atomic E-state index is 14.4. The molecule has 0 aromatic heterocycles. The van der Waals surface area contributed by atoms with E-state index in [0.717, 1.165) is 38.5 Å². The summed E-state index contributed by atoms with van der Waals surface area (Å²) >= 11 is 0. The molecule has 5 aliphatic carbocycles. The summed E-state index contributed by atoms with van der Waals surface area (Å²) in [6.07, 6.45) is -0.357. The molecule has 1 aliphatic heterocycles. The first-order valence-electron chi connectivity index (χ1n) is 17.5. The van der Waals surface area contributed by atoms with E-state index in [-0.39, 0.29) is 46.0 Å². The number of carbonyl (C=O) groups is 1. The zero-order valence-electron chi connectivity index (χ0n) is 28.5. The minimum Gasteiger partial charge on any atom is -0.432 e. The summed E-state index contributed by atoms with van der Waals surface area (Å²) < 4.78 is 11.5. The number of rotatable bonds is 4. The summed E-state index contributed by atoms with van der Waals surface area (Å²) in [5.74, 6) is -0.293. The summed E-state index contributed by atoms with van der Waals surface area (Å²) in [4.78, 5) is 14.4. The SMILES string of the molecule is CC1(C)CC[C@]2(C(=O)O[C@@H]3O[C@H](CO)[C@@H](O)[C@H](O)[C@H]3O)CC[C@]3(C)C(=CCC4[C@@]5(C)C[C@@H](O)[C@H](O)[C@](C)(CO)C5CC[C@]43C)[C@@H]2C1. The van der Waals surface area contributed by atoms with E-state index < -0.39 is 66.3 Å². The maximum Gasteiger partial charge on any atom is 0.315 e. The summed E-state index contributed by atoms with van der Waals surface area (Å²) in [7, 11) is 0. The summed E-state index contributed by atoms with van der Waals surface area (Å²) in [6.45, 7) is 12.7. The van der Waals surface area contributed by atoms with Crippen molar-refractivity contribution in [2.75, 3.05) is 13.2 Å². The summed E-state index contributed by atoms with van der Waals surface area (Å²) in [5, 5.41) is 73.8. The Balaban J connectivity index is 1.36. The van der Waals surface area contributed by atoms with Gasteiger partial charge in [-0.1, -0.05) is 53.2 Å². The number of aliphatic hydroxyl groups excluding tert-OH is 7. The Morgan fingerprint density at radius 3 is 2.20 bits per heavy atom. The third kappa shape index (κ3) is 4.60. The average molecular weight is 651 g/mol. The second-order valence-corrected chi connectivity index (χ2v) is 17.9. The van der Waals surface area contributed by atoms with Crippen molar-refractivity contribution in [1.82, 2.24) is 0 Å². The molecule has 1 saturated heterocycles. The molecule has 5 fully saturated rings. The van der Waals surface area contributed by atoms with E-state index in [9.17, 15) is 40.5 Å². The molecule has 46 heavy (non-hydrogen) atoms. The van der Waals surface area contributed by atoms with Crippen molar-refractivity contribution >= 4 is 5.97 Å². The molecule has 0 spiro atoms. The van der Waals surface area contributed by atoms with Gasteiger partial charge in [-0.2, -0.15) is 0 Å². The molecule has 0 aromatic carbocycles. The zero-order valence-corrected chi connectivity index (χ0v) is 28.5. The van der Waals surface area contributed by atoms with E-state index in [4.69, 9.17) is 9.47 Å². The van der Waals surface area contributed by atoms with Gasteiger partial charge in [-0.25, -0.2) is 0 Å². The molecule has 10 nitrogen and oxygen atoms in total. The van der Waals surface area contributed by atoms with Gasteiger partial charge in [-0.15, -0.1) is 0 Å². The minimum atomic E-state index is -1.65. The highest BCUT2D eigenvalue weighted by molar-refractivity contribution is 5.79. The van der Waals surface area contributed by atoms with Gasteiger partial charge in [0.2, 0.25) is 6.29 Å². The molecule has 0 bridgehead atoms. The number of esters is 1. The minimum absolute atomic E-state index is 0.00930. The third-order valence-electron chi connectivity index (χ3n) is 15.2. The molecule has 6 aliphatic rings. The van der Waals surface area contributed by atoms with Crippen molar-refractivity contribution in [3.05, 3.63) is 11.6 Å². The molecule has 15 atom stereocenters. The smallest absolute Gasteiger partial charge is 0.315 e. The molecule has 7 N–H and O–H groups in total. The van der Waals surface area contributed by atoms with Crippen LogP contribution >= 0.6 is 0 Å². The van der Waals surface area contributed by atoms with E-state index in [1.165, 1.54) is 5.57 Å². The summed E-state index contributed by atoms with van der Waals surface area (Å²) in [6, 6.07) is 0. The van der Waals surface area contributed by atoms with E-state index in [1.807, 2.05) is 6.92 Å². The average Bonchev–Trinajstić information content (AvgIpc) is 3.00. The molecular weight excluding hydrogens is 592 g/mol. The van der Waals surface area contributed by atoms with Crippen LogP contribution in [0.5, 0.6) is 0 Å². The fraction of sp³-hybridized carbons (Fsp3) is 0.917. The number of carbonyl (C=O) groups excluding carboxylic acids is 1. The molecule has 6 rings (SSSR count). The van der Waals surface area contributed by atoms with Crippen molar-refractivity contribution in [2.24, 2.45) is 50.2 Å². The molecule has 2 unspecified atom stereocenters. The van der Waals surface area contributed by atoms with Gasteiger partial charge in [0.25, 0.3) is 0 Å². The van der Waals surface area contributed by atoms with E-state index >= 15 is 0 Å². The predicted octanol–water partition coefficient (Wildman–Crippen LogP) is 2.44. The lowest BCUT2D eigenvalue weighted by Gasteiger charge is -2.71. The van der Waals surface area contributed by atoms with Crippen LogP contribution in [0, 0.1) is 50.2 Å². The van der Waals surface area contributed by atoms with E-state index in [1.54, 1.807) is 0 Å². The van der Waals surface area contributed by atoms with Crippen LogP contribution in [0.25, 0.3) is 0 Å². The number of aliphatic hydroxyl groups is 7. The van der Waals surface area contributed by atoms with Crippen LogP contribution in [0.4, 0.5) is 0 Å². The van der Waals surface area contributed by atoms with Crippen LogP contribution < -0.4 is 0 Å². The molecule has 10 heteroatoms. The Hall–Kier alpha value is -1.11. The normalized spacial score (nSPS) is 54.8. The fourth-order valence-electron chi connectivity index (χ4n) is 12.1. The first-order valence-corrected chi connectivity index (χ1v) is 17.5. The molecule has 1 heterocycles. The Labute approximate surface area is 273 Å². The van der Waals surface area contributed by atoms with Gasteiger partial charge < -0.3 is 45.2 Å².